The highest BCUT2D eigenvalue weighted by Crippen LogP contribution is 2.11. The lowest BCUT2D eigenvalue weighted by molar-refractivity contribution is 0.562. The maximum absolute atomic E-state index is 2.43. The molecule has 0 aromatic heterocycles. The van der Waals surface area contributed by atoms with E-state index in [0.29, 0.717) is 0 Å². The average molecular weight is 227 g/mol. The molecule has 0 saturated carbocycles. The molecule has 0 aromatic rings. The van der Waals surface area contributed by atoms with Crippen molar-refractivity contribution in [2.24, 2.45) is 0 Å². The van der Waals surface area contributed by atoms with Gasteiger partial charge in [-0.2, -0.15) is 0 Å². The summed E-state index contributed by atoms with van der Waals surface area (Å²) in [6.45, 7) is 7.15. The van der Waals surface area contributed by atoms with Gasteiger partial charge in [-0.1, -0.05) is 90.3 Å². The second-order valence-corrected chi connectivity index (χ2v) is 8.05. The Morgan fingerprint density at radius 3 is 1.40 bits per heavy atom. The Morgan fingerprint density at radius 1 is 0.600 bits per heavy atom. The first-order valence-electron chi connectivity index (χ1n) is 7.06. The zero-order valence-electron chi connectivity index (χ0n) is 11.3. The summed E-state index contributed by atoms with van der Waals surface area (Å²) in [5.41, 5.74) is 0. The van der Waals surface area contributed by atoms with Crippen molar-refractivity contribution in [1.82, 2.24) is 0 Å². The Kier molecular flexibility index (Phi) is 12.5. The molecule has 0 rings (SSSR count). The van der Waals surface area contributed by atoms with Crippen molar-refractivity contribution in [2.75, 3.05) is 0 Å². The molecule has 0 heterocycles. The molecule has 0 aliphatic heterocycles. The minimum absolute atomic E-state index is 0.0582. The van der Waals surface area contributed by atoms with Crippen molar-refractivity contribution in [3.05, 3.63) is 0 Å². The number of hydrogen-bond acceptors (Lipinski definition) is 0. The predicted octanol–water partition coefficient (Wildman–Crippen LogP) is 5.66. The van der Waals surface area contributed by atoms with Gasteiger partial charge >= 0.3 is 0 Å². The molecule has 0 atom stereocenters. The Bertz CT molecular complexity index is 110. The van der Waals surface area contributed by atoms with Crippen LogP contribution in [0.2, 0.25) is 19.1 Å². The molecule has 0 bridgehead atoms. The van der Waals surface area contributed by atoms with Crippen molar-refractivity contribution in [3.8, 4) is 0 Å². The first kappa shape index (κ1) is 15.2. The summed E-state index contributed by atoms with van der Waals surface area (Å²) < 4.78 is 0. The molecule has 0 fully saturated rings. The van der Waals surface area contributed by atoms with Crippen LogP contribution in [-0.4, -0.2) is 8.80 Å². The minimum Gasteiger partial charge on any atom is -0.0713 e. The van der Waals surface area contributed by atoms with Gasteiger partial charge in [-0.25, -0.2) is 0 Å². The Labute approximate surface area is 99.5 Å². The SMILES string of the molecule is CCCCCCCCCCCC[Si](C)C. The molecule has 0 spiro atoms. The molecule has 1 heteroatoms. The van der Waals surface area contributed by atoms with E-state index in [1.54, 1.807) is 0 Å². The summed E-state index contributed by atoms with van der Waals surface area (Å²) in [4.78, 5) is 0. The summed E-state index contributed by atoms with van der Waals surface area (Å²) in [7, 11) is 0.0582. The maximum Gasteiger partial charge on any atom is 0.0412 e. The summed E-state index contributed by atoms with van der Waals surface area (Å²) in [5, 5.41) is 0. The van der Waals surface area contributed by atoms with E-state index in [-0.39, 0.29) is 8.80 Å². The monoisotopic (exact) mass is 227 g/mol. The summed E-state index contributed by atoms with van der Waals surface area (Å²) in [5.74, 6) is 0. The van der Waals surface area contributed by atoms with E-state index < -0.39 is 0 Å². The summed E-state index contributed by atoms with van der Waals surface area (Å²) >= 11 is 0. The van der Waals surface area contributed by atoms with E-state index in [1.165, 1.54) is 70.3 Å². The lowest BCUT2D eigenvalue weighted by Crippen LogP contribution is -1.97. The second kappa shape index (κ2) is 12.3. The van der Waals surface area contributed by atoms with Crippen molar-refractivity contribution in [3.63, 3.8) is 0 Å². The lowest BCUT2D eigenvalue weighted by atomic mass is 10.1. The van der Waals surface area contributed by atoms with Crippen LogP contribution in [0.4, 0.5) is 0 Å². The van der Waals surface area contributed by atoms with Gasteiger partial charge in [-0.05, 0) is 0 Å². The van der Waals surface area contributed by atoms with Crippen LogP contribution < -0.4 is 0 Å². The first-order valence-corrected chi connectivity index (χ1v) is 9.77. The quantitative estimate of drug-likeness (QED) is 0.315. The Balaban J connectivity index is 2.87. The third kappa shape index (κ3) is 14.2. The fraction of sp³-hybridized carbons (Fsp3) is 1.00. The van der Waals surface area contributed by atoms with E-state index in [0.717, 1.165) is 0 Å². The van der Waals surface area contributed by atoms with E-state index in [4.69, 9.17) is 0 Å². The summed E-state index contributed by atoms with van der Waals surface area (Å²) in [6.07, 6.45) is 14.7. The fourth-order valence-electron chi connectivity index (χ4n) is 1.97. The standard InChI is InChI=1S/C14H31Si/c1-4-5-6-7-8-9-10-11-12-13-14-15(2)3/h4-14H2,1-3H3. The topological polar surface area (TPSA) is 0 Å². The first-order chi connectivity index (χ1) is 7.27. The number of hydrogen-bond donors (Lipinski definition) is 0. The van der Waals surface area contributed by atoms with Gasteiger partial charge in [0.25, 0.3) is 0 Å². The molecular weight excluding hydrogens is 196 g/mol. The molecule has 0 nitrogen and oxygen atoms in total. The van der Waals surface area contributed by atoms with Crippen molar-refractivity contribution in [2.45, 2.75) is 90.3 Å². The van der Waals surface area contributed by atoms with E-state index in [9.17, 15) is 0 Å². The highest BCUT2D eigenvalue weighted by Gasteiger charge is 1.96. The molecule has 0 saturated heterocycles. The molecular formula is C14H31Si. The van der Waals surface area contributed by atoms with Gasteiger partial charge in [0.2, 0.25) is 0 Å². The van der Waals surface area contributed by atoms with Gasteiger partial charge in [0, 0.05) is 8.80 Å². The molecule has 1 radical (unpaired) electrons. The molecule has 0 aliphatic rings. The van der Waals surface area contributed by atoms with E-state index in [1.807, 2.05) is 0 Å². The fourth-order valence-corrected chi connectivity index (χ4v) is 2.92. The minimum atomic E-state index is 0.0582. The smallest absolute Gasteiger partial charge is 0.0412 e. The van der Waals surface area contributed by atoms with E-state index in [2.05, 4.69) is 20.0 Å². The highest BCUT2D eigenvalue weighted by molar-refractivity contribution is 6.55. The zero-order valence-corrected chi connectivity index (χ0v) is 12.3. The third-order valence-electron chi connectivity index (χ3n) is 3.03. The predicted molar refractivity (Wildman–Crippen MR) is 74.1 cm³/mol. The molecule has 0 unspecified atom stereocenters. The number of rotatable bonds is 11. The van der Waals surface area contributed by atoms with Crippen molar-refractivity contribution >= 4 is 8.80 Å². The van der Waals surface area contributed by atoms with Gasteiger partial charge in [0.05, 0.1) is 0 Å². The van der Waals surface area contributed by atoms with Gasteiger partial charge in [-0.3, -0.25) is 0 Å². The van der Waals surface area contributed by atoms with Crippen LogP contribution in [0.15, 0.2) is 0 Å². The molecule has 0 aromatic carbocycles. The van der Waals surface area contributed by atoms with Gasteiger partial charge in [0.15, 0.2) is 0 Å². The summed E-state index contributed by atoms with van der Waals surface area (Å²) in [6, 6.07) is 1.53. The molecule has 0 aliphatic carbocycles. The van der Waals surface area contributed by atoms with Crippen LogP contribution in [0.3, 0.4) is 0 Å². The molecule has 91 valence electrons. The van der Waals surface area contributed by atoms with Crippen LogP contribution in [0.5, 0.6) is 0 Å². The van der Waals surface area contributed by atoms with Gasteiger partial charge in [-0.15, -0.1) is 0 Å². The maximum atomic E-state index is 2.43. The van der Waals surface area contributed by atoms with E-state index >= 15 is 0 Å². The molecule has 0 N–H and O–H groups in total. The third-order valence-corrected chi connectivity index (χ3v) is 4.38. The molecule has 0 amide bonds. The van der Waals surface area contributed by atoms with Crippen molar-refractivity contribution < 1.29 is 0 Å². The molecule has 15 heavy (non-hydrogen) atoms. The van der Waals surface area contributed by atoms with Gasteiger partial charge in [0.1, 0.15) is 0 Å². The zero-order chi connectivity index (χ0) is 11.4. The second-order valence-electron chi connectivity index (χ2n) is 5.14. The Hall–Kier alpha value is 0.217. The van der Waals surface area contributed by atoms with Crippen LogP contribution in [0.1, 0.15) is 71.1 Å². The van der Waals surface area contributed by atoms with Crippen LogP contribution in [0.25, 0.3) is 0 Å². The van der Waals surface area contributed by atoms with Crippen LogP contribution in [-0.2, 0) is 0 Å². The lowest BCUT2D eigenvalue weighted by Gasteiger charge is -2.03. The average Bonchev–Trinajstić information content (AvgIpc) is 2.20. The highest BCUT2D eigenvalue weighted by atomic mass is 28.3. The van der Waals surface area contributed by atoms with Crippen molar-refractivity contribution in [1.29, 1.82) is 0 Å². The number of unbranched alkanes of at least 4 members (excludes halogenated alkanes) is 9. The van der Waals surface area contributed by atoms with Gasteiger partial charge < -0.3 is 0 Å². The largest absolute Gasteiger partial charge is 0.0713 e. The Morgan fingerprint density at radius 2 is 1.00 bits per heavy atom. The normalized spacial score (nSPS) is 11.2. The van der Waals surface area contributed by atoms with Crippen LogP contribution >= 0.6 is 0 Å². The van der Waals surface area contributed by atoms with Crippen LogP contribution in [0, 0.1) is 0 Å².